The van der Waals surface area contributed by atoms with Crippen LogP contribution >= 0.6 is 44.1 Å². The Morgan fingerprint density at radius 3 is 2.71 bits per heavy atom. The fourth-order valence-corrected chi connectivity index (χ4v) is 2.24. The second-order valence-corrected chi connectivity index (χ2v) is 5.49. The Kier molecular flexibility index (Phi) is 3.75. The molecule has 0 bridgehead atoms. The number of halogens is 3. The normalized spacial score (nSPS) is 10.6. The summed E-state index contributed by atoms with van der Waals surface area (Å²) in [6.07, 6.45) is 0. The van der Waals surface area contributed by atoms with Crippen molar-refractivity contribution in [1.29, 1.82) is 0 Å². The van der Waals surface area contributed by atoms with Gasteiger partial charge in [0.2, 0.25) is 0 Å². The van der Waals surface area contributed by atoms with Gasteiger partial charge in [-0.3, -0.25) is 0 Å². The fraction of sp³-hybridized carbons (Fsp3) is 0.0909. The van der Waals surface area contributed by atoms with E-state index in [2.05, 4.69) is 41.8 Å². The first-order valence-corrected chi connectivity index (χ1v) is 6.70. The summed E-state index contributed by atoms with van der Waals surface area (Å²) in [7, 11) is 0. The lowest BCUT2D eigenvalue weighted by atomic mass is 10.2. The maximum Gasteiger partial charge on any atom is 0.144 e. The Balaban J connectivity index is 2.69. The van der Waals surface area contributed by atoms with Gasteiger partial charge in [-0.05, 0) is 41.1 Å². The molecule has 0 unspecified atom stereocenters. The molecule has 0 saturated heterocycles. The summed E-state index contributed by atoms with van der Waals surface area (Å²) in [6, 6.07) is 4.43. The molecule has 0 atom stereocenters. The van der Waals surface area contributed by atoms with Gasteiger partial charge in [0.25, 0.3) is 0 Å². The molecular formula is C11H7Br2FN2S. The number of benzene rings is 1. The molecule has 0 aliphatic carbocycles. The highest BCUT2D eigenvalue weighted by atomic mass is 79.9. The lowest BCUT2D eigenvalue weighted by Crippen LogP contribution is -1.95. The Labute approximate surface area is 120 Å². The largest absolute Gasteiger partial charge is 0.342 e. The first-order valence-electron chi connectivity index (χ1n) is 4.71. The van der Waals surface area contributed by atoms with Crippen LogP contribution in [0.1, 0.15) is 5.69 Å². The predicted molar refractivity (Wildman–Crippen MR) is 75.0 cm³/mol. The van der Waals surface area contributed by atoms with Crippen LogP contribution in [-0.4, -0.2) is 9.97 Å². The average Bonchev–Trinajstić information content (AvgIpc) is 2.28. The van der Waals surface area contributed by atoms with Crippen LogP contribution in [0.3, 0.4) is 0 Å². The molecule has 0 fully saturated rings. The number of aromatic nitrogens is 2. The lowest BCUT2D eigenvalue weighted by Gasteiger charge is -2.07. The quantitative estimate of drug-likeness (QED) is 0.724. The van der Waals surface area contributed by atoms with Crippen molar-refractivity contribution in [2.45, 2.75) is 6.92 Å². The van der Waals surface area contributed by atoms with E-state index in [1.165, 1.54) is 12.1 Å². The zero-order valence-corrected chi connectivity index (χ0v) is 12.7. The van der Waals surface area contributed by atoms with E-state index in [1.54, 1.807) is 6.07 Å². The van der Waals surface area contributed by atoms with Crippen molar-refractivity contribution in [2.75, 3.05) is 0 Å². The van der Waals surface area contributed by atoms with Crippen LogP contribution < -0.4 is 0 Å². The van der Waals surface area contributed by atoms with Crippen molar-refractivity contribution < 1.29 is 4.39 Å². The van der Waals surface area contributed by atoms with E-state index >= 15 is 0 Å². The lowest BCUT2D eigenvalue weighted by molar-refractivity contribution is 0.628. The van der Waals surface area contributed by atoms with Gasteiger partial charge in [0, 0.05) is 15.7 Å². The number of nitrogens with zero attached hydrogens (tertiary/aromatic N) is 1. The molecule has 0 saturated carbocycles. The van der Waals surface area contributed by atoms with Crippen molar-refractivity contribution in [3.05, 3.63) is 43.3 Å². The molecule has 1 heterocycles. The van der Waals surface area contributed by atoms with Crippen LogP contribution in [0.15, 0.2) is 27.1 Å². The highest BCUT2D eigenvalue weighted by molar-refractivity contribution is 9.11. The number of aromatic amines is 1. The van der Waals surface area contributed by atoms with Crippen molar-refractivity contribution in [1.82, 2.24) is 9.97 Å². The molecule has 17 heavy (non-hydrogen) atoms. The average molecular weight is 378 g/mol. The maximum absolute atomic E-state index is 13.2. The molecule has 88 valence electrons. The van der Waals surface area contributed by atoms with Gasteiger partial charge >= 0.3 is 0 Å². The van der Waals surface area contributed by atoms with Gasteiger partial charge in [-0.2, -0.15) is 0 Å². The van der Waals surface area contributed by atoms with E-state index in [-0.39, 0.29) is 5.82 Å². The van der Waals surface area contributed by atoms with E-state index in [0.717, 1.165) is 14.6 Å². The van der Waals surface area contributed by atoms with Crippen molar-refractivity contribution in [2.24, 2.45) is 0 Å². The molecule has 6 heteroatoms. The second-order valence-electron chi connectivity index (χ2n) is 3.45. The molecule has 0 aliphatic heterocycles. The minimum Gasteiger partial charge on any atom is -0.342 e. The first-order chi connectivity index (χ1) is 7.99. The Morgan fingerprint density at radius 1 is 1.35 bits per heavy atom. The third-order valence-corrected chi connectivity index (χ3v) is 4.44. The summed E-state index contributed by atoms with van der Waals surface area (Å²) in [5, 5.41) is 0. The monoisotopic (exact) mass is 376 g/mol. The summed E-state index contributed by atoms with van der Waals surface area (Å²) >= 11 is 11.8. The molecule has 2 aromatic rings. The van der Waals surface area contributed by atoms with Gasteiger partial charge in [-0.1, -0.05) is 28.1 Å². The standard InChI is InChI=1S/C11H7Br2FN2S/c1-5-9(13)11(17)16-10(15-5)7-4-6(14)2-3-8(7)12/h2-4H,1H3,(H,15,16,17). The first kappa shape index (κ1) is 12.9. The number of aryl methyl sites for hydroxylation is 1. The van der Waals surface area contributed by atoms with E-state index in [0.29, 0.717) is 16.0 Å². The summed E-state index contributed by atoms with van der Waals surface area (Å²) in [4.78, 5) is 7.30. The molecule has 0 amide bonds. The molecule has 0 spiro atoms. The molecule has 1 aromatic heterocycles. The van der Waals surface area contributed by atoms with Gasteiger partial charge in [0.1, 0.15) is 16.3 Å². The zero-order valence-electron chi connectivity index (χ0n) is 8.72. The molecule has 2 rings (SSSR count). The Morgan fingerprint density at radius 2 is 2.06 bits per heavy atom. The van der Waals surface area contributed by atoms with Crippen LogP contribution in [0, 0.1) is 17.4 Å². The van der Waals surface area contributed by atoms with Gasteiger partial charge in [0.15, 0.2) is 0 Å². The van der Waals surface area contributed by atoms with Crippen molar-refractivity contribution in [3.63, 3.8) is 0 Å². The van der Waals surface area contributed by atoms with Gasteiger partial charge in [-0.25, -0.2) is 9.37 Å². The van der Waals surface area contributed by atoms with E-state index < -0.39 is 0 Å². The molecule has 1 N–H and O–H groups in total. The smallest absolute Gasteiger partial charge is 0.144 e. The Hall–Kier alpha value is -0.590. The third-order valence-electron chi connectivity index (χ3n) is 2.22. The molecule has 0 radical (unpaired) electrons. The summed E-state index contributed by atoms with van der Waals surface area (Å²) < 4.78 is 15.2. The minimum absolute atomic E-state index is 0.315. The van der Waals surface area contributed by atoms with E-state index in [9.17, 15) is 4.39 Å². The van der Waals surface area contributed by atoms with Crippen LogP contribution in [0.25, 0.3) is 11.4 Å². The number of nitrogens with one attached hydrogen (secondary N) is 1. The molecule has 1 aromatic carbocycles. The zero-order chi connectivity index (χ0) is 12.6. The van der Waals surface area contributed by atoms with Crippen LogP contribution in [0.2, 0.25) is 0 Å². The van der Waals surface area contributed by atoms with Gasteiger partial charge < -0.3 is 4.98 Å². The summed E-state index contributed by atoms with van der Waals surface area (Å²) in [5.41, 5.74) is 1.50. The number of hydrogen-bond donors (Lipinski definition) is 1. The SMILES string of the molecule is Cc1[nH]c(-c2cc(F)ccc2Br)nc(=S)c1Br. The Bertz CT molecular complexity index is 640. The fourth-order valence-electron chi connectivity index (χ4n) is 1.38. The summed E-state index contributed by atoms with van der Waals surface area (Å²) in [6.45, 7) is 1.87. The molecular weight excluding hydrogens is 371 g/mol. The highest BCUT2D eigenvalue weighted by Gasteiger charge is 2.09. The van der Waals surface area contributed by atoms with E-state index in [4.69, 9.17) is 12.2 Å². The summed E-state index contributed by atoms with van der Waals surface area (Å²) in [5.74, 6) is 0.229. The molecule has 0 aliphatic rings. The minimum atomic E-state index is -0.315. The maximum atomic E-state index is 13.2. The number of rotatable bonds is 1. The molecule has 2 nitrogen and oxygen atoms in total. The van der Waals surface area contributed by atoms with Gasteiger partial charge in [-0.15, -0.1) is 0 Å². The second kappa shape index (κ2) is 4.96. The van der Waals surface area contributed by atoms with E-state index in [1.807, 2.05) is 6.92 Å². The van der Waals surface area contributed by atoms with Crippen LogP contribution in [-0.2, 0) is 0 Å². The van der Waals surface area contributed by atoms with Gasteiger partial charge in [0.05, 0.1) is 4.47 Å². The van der Waals surface area contributed by atoms with Crippen molar-refractivity contribution in [3.8, 4) is 11.4 Å². The van der Waals surface area contributed by atoms with Crippen LogP contribution in [0.5, 0.6) is 0 Å². The van der Waals surface area contributed by atoms with Crippen molar-refractivity contribution >= 4 is 44.1 Å². The topological polar surface area (TPSA) is 28.7 Å². The number of H-pyrrole nitrogens is 1. The third kappa shape index (κ3) is 2.64. The number of hydrogen-bond acceptors (Lipinski definition) is 2. The van der Waals surface area contributed by atoms with Crippen LogP contribution in [0.4, 0.5) is 4.39 Å². The highest BCUT2D eigenvalue weighted by Crippen LogP contribution is 2.28. The predicted octanol–water partition coefficient (Wildman–Crippen LogP) is 4.78.